The number of amides is 1. The van der Waals surface area contributed by atoms with Gasteiger partial charge in [0.1, 0.15) is 11.5 Å². The van der Waals surface area contributed by atoms with Gasteiger partial charge in [-0.3, -0.25) is 9.69 Å². The summed E-state index contributed by atoms with van der Waals surface area (Å²) in [5.41, 5.74) is 2.47. The van der Waals surface area contributed by atoms with Gasteiger partial charge < -0.3 is 14.4 Å². The highest BCUT2D eigenvalue weighted by molar-refractivity contribution is 9.10. The van der Waals surface area contributed by atoms with Crippen molar-refractivity contribution < 1.29 is 14.3 Å². The first-order chi connectivity index (χ1) is 14.5. The van der Waals surface area contributed by atoms with Crippen molar-refractivity contribution in [2.75, 3.05) is 31.7 Å². The fourth-order valence-electron chi connectivity index (χ4n) is 3.75. The zero-order valence-corrected chi connectivity index (χ0v) is 19.0. The molecule has 1 atom stereocenters. The van der Waals surface area contributed by atoms with Crippen LogP contribution in [-0.4, -0.2) is 37.6 Å². The van der Waals surface area contributed by atoms with Gasteiger partial charge in [0, 0.05) is 34.1 Å². The molecular weight excluding hydrogens is 466 g/mol. The SMILES string of the molecule is COc1ccc([C@H]2CC(=O)N3CN(c4ccc(Br)cc4)CSC3=C2C#N)c(OC)c1. The Labute approximate surface area is 188 Å². The molecule has 1 amide bonds. The fraction of sp³-hybridized carbons (Fsp3) is 0.273. The van der Waals surface area contributed by atoms with Gasteiger partial charge in [0.15, 0.2) is 0 Å². The minimum atomic E-state index is -0.332. The highest BCUT2D eigenvalue weighted by Crippen LogP contribution is 2.45. The summed E-state index contributed by atoms with van der Waals surface area (Å²) < 4.78 is 11.8. The number of nitriles is 1. The molecular formula is C22H20BrN3O3S. The highest BCUT2D eigenvalue weighted by atomic mass is 79.9. The topological polar surface area (TPSA) is 65.8 Å². The third kappa shape index (κ3) is 3.75. The van der Waals surface area contributed by atoms with E-state index in [0.717, 1.165) is 20.8 Å². The van der Waals surface area contributed by atoms with Gasteiger partial charge in [-0.15, -0.1) is 0 Å². The second-order valence-electron chi connectivity index (χ2n) is 6.95. The molecule has 0 spiro atoms. The number of hydrogen-bond acceptors (Lipinski definition) is 6. The van der Waals surface area contributed by atoms with Crippen LogP contribution in [0, 0.1) is 11.3 Å². The summed E-state index contributed by atoms with van der Waals surface area (Å²) >= 11 is 4.97. The summed E-state index contributed by atoms with van der Waals surface area (Å²) in [4.78, 5) is 16.9. The minimum absolute atomic E-state index is 0.00110. The largest absolute Gasteiger partial charge is 0.497 e. The molecule has 0 unspecified atom stereocenters. The Kier molecular flexibility index (Phi) is 5.93. The van der Waals surface area contributed by atoms with Crippen molar-refractivity contribution >= 4 is 39.3 Å². The van der Waals surface area contributed by atoms with Gasteiger partial charge in [-0.05, 0) is 30.3 Å². The average Bonchev–Trinajstić information content (AvgIpc) is 2.79. The van der Waals surface area contributed by atoms with E-state index >= 15 is 0 Å². The van der Waals surface area contributed by atoms with Gasteiger partial charge >= 0.3 is 0 Å². The van der Waals surface area contributed by atoms with Crippen LogP contribution >= 0.6 is 27.7 Å². The third-order valence-corrected chi connectivity index (χ3v) is 6.98. The zero-order valence-electron chi connectivity index (χ0n) is 16.6. The Hall–Kier alpha value is -2.63. The normalized spacial score (nSPS) is 18.7. The molecule has 2 aromatic rings. The van der Waals surface area contributed by atoms with Gasteiger partial charge in [-0.1, -0.05) is 33.8 Å². The zero-order chi connectivity index (χ0) is 21.3. The molecule has 6 nitrogen and oxygen atoms in total. The van der Waals surface area contributed by atoms with Crippen LogP contribution in [0.3, 0.4) is 0 Å². The molecule has 1 saturated heterocycles. The van der Waals surface area contributed by atoms with Crippen LogP contribution in [0.15, 0.2) is 57.5 Å². The van der Waals surface area contributed by atoms with Crippen molar-refractivity contribution in [3.8, 4) is 17.6 Å². The summed E-state index contributed by atoms with van der Waals surface area (Å²) in [5, 5.41) is 10.7. The Morgan fingerprint density at radius 3 is 2.60 bits per heavy atom. The fourth-order valence-corrected chi connectivity index (χ4v) is 5.18. The summed E-state index contributed by atoms with van der Waals surface area (Å²) in [6, 6.07) is 15.9. The number of fused-ring (bicyclic) bond motifs is 1. The predicted molar refractivity (Wildman–Crippen MR) is 120 cm³/mol. The molecule has 2 heterocycles. The van der Waals surface area contributed by atoms with E-state index in [9.17, 15) is 10.1 Å². The molecule has 2 aromatic carbocycles. The lowest BCUT2D eigenvalue weighted by Gasteiger charge is -2.42. The standard InChI is InChI=1S/C22H20BrN3O3S/c1-28-16-7-8-17(20(9-16)29-2)18-10-21(27)26-12-25(13-30-22(26)19(18)11-24)15-5-3-14(23)4-6-15/h3-9,18H,10,12-13H2,1-2H3/t18-/m1/s1. The van der Waals surface area contributed by atoms with Crippen LogP contribution < -0.4 is 14.4 Å². The van der Waals surface area contributed by atoms with Gasteiger partial charge in [0.05, 0.1) is 43.4 Å². The van der Waals surface area contributed by atoms with Crippen LogP contribution in [0.25, 0.3) is 0 Å². The maximum Gasteiger partial charge on any atom is 0.229 e. The summed E-state index contributed by atoms with van der Waals surface area (Å²) in [5.74, 6) is 1.62. The van der Waals surface area contributed by atoms with Crippen molar-refractivity contribution in [3.63, 3.8) is 0 Å². The Morgan fingerprint density at radius 2 is 1.93 bits per heavy atom. The Bertz CT molecular complexity index is 1050. The maximum absolute atomic E-state index is 13.1. The van der Waals surface area contributed by atoms with E-state index in [4.69, 9.17) is 9.47 Å². The van der Waals surface area contributed by atoms with E-state index < -0.39 is 0 Å². The van der Waals surface area contributed by atoms with Gasteiger partial charge in [0.25, 0.3) is 0 Å². The van der Waals surface area contributed by atoms with E-state index in [1.54, 1.807) is 25.2 Å². The molecule has 0 bridgehead atoms. The van der Waals surface area contributed by atoms with Crippen molar-refractivity contribution in [1.82, 2.24) is 4.90 Å². The smallest absolute Gasteiger partial charge is 0.229 e. The number of nitrogens with zero attached hydrogens (tertiary/aromatic N) is 3. The molecule has 0 aliphatic carbocycles. The van der Waals surface area contributed by atoms with Crippen LogP contribution in [-0.2, 0) is 4.79 Å². The first kappa shape index (κ1) is 20.6. The first-order valence-electron chi connectivity index (χ1n) is 9.35. The first-order valence-corrected chi connectivity index (χ1v) is 11.1. The number of methoxy groups -OCH3 is 2. The van der Waals surface area contributed by atoms with Crippen molar-refractivity contribution in [2.24, 2.45) is 0 Å². The number of carbonyl (C=O) groups excluding carboxylic acids is 1. The summed E-state index contributed by atoms with van der Waals surface area (Å²) in [7, 11) is 3.18. The lowest BCUT2D eigenvalue weighted by Crippen LogP contribution is -2.47. The van der Waals surface area contributed by atoms with Crippen LogP contribution in [0.4, 0.5) is 5.69 Å². The lowest BCUT2D eigenvalue weighted by molar-refractivity contribution is -0.129. The van der Waals surface area contributed by atoms with Crippen LogP contribution in [0.1, 0.15) is 17.9 Å². The molecule has 0 saturated carbocycles. The number of thioether (sulfide) groups is 1. The molecule has 4 rings (SSSR count). The molecule has 2 aliphatic heterocycles. The number of carbonyl (C=O) groups is 1. The molecule has 154 valence electrons. The lowest BCUT2D eigenvalue weighted by atomic mass is 9.86. The number of anilines is 1. The number of benzene rings is 2. The molecule has 8 heteroatoms. The van der Waals surface area contributed by atoms with E-state index in [1.165, 1.54) is 11.8 Å². The van der Waals surface area contributed by atoms with Crippen LogP contribution in [0.2, 0.25) is 0 Å². The molecule has 2 aliphatic rings. The number of halogens is 1. The quantitative estimate of drug-likeness (QED) is 0.625. The van der Waals surface area contributed by atoms with E-state index in [1.807, 2.05) is 36.4 Å². The second-order valence-corrected chi connectivity index (χ2v) is 8.80. The average molecular weight is 486 g/mol. The maximum atomic E-state index is 13.1. The number of hydrogen-bond donors (Lipinski definition) is 0. The number of rotatable bonds is 4. The van der Waals surface area contributed by atoms with Gasteiger partial charge in [-0.25, -0.2) is 0 Å². The molecule has 30 heavy (non-hydrogen) atoms. The highest BCUT2D eigenvalue weighted by Gasteiger charge is 2.39. The van der Waals surface area contributed by atoms with Crippen molar-refractivity contribution in [2.45, 2.75) is 12.3 Å². The summed E-state index contributed by atoms with van der Waals surface area (Å²) in [6.07, 6.45) is 0.226. The van der Waals surface area contributed by atoms with Crippen molar-refractivity contribution in [3.05, 3.63) is 63.1 Å². The molecule has 0 radical (unpaired) electrons. The second kappa shape index (κ2) is 8.62. The van der Waals surface area contributed by atoms with Crippen LogP contribution in [0.5, 0.6) is 11.5 Å². The number of ether oxygens (including phenoxy) is 2. The number of allylic oxidation sites excluding steroid dienone is 1. The Morgan fingerprint density at radius 1 is 1.17 bits per heavy atom. The van der Waals surface area contributed by atoms with Gasteiger partial charge in [0.2, 0.25) is 5.91 Å². The Balaban J connectivity index is 1.68. The van der Waals surface area contributed by atoms with Crippen molar-refractivity contribution in [1.29, 1.82) is 5.26 Å². The monoisotopic (exact) mass is 485 g/mol. The molecule has 0 N–H and O–H groups in total. The van der Waals surface area contributed by atoms with Gasteiger partial charge in [-0.2, -0.15) is 5.26 Å². The third-order valence-electron chi connectivity index (χ3n) is 5.30. The van der Waals surface area contributed by atoms with E-state index in [0.29, 0.717) is 29.6 Å². The summed E-state index contributed by atoms with van der Waals surface area (Å²) in [6.45, 7) is 0.431. The molecule has 0 aromatic heterocycles. The van der Waals surface area contributed by atoms with E-state index in [2.05, 4.69) is 26.9 Å². The minimum Gasteiger partial charge on any atom is -0.497 e. The van der Waals surface area contributed by atoms with E-state index in [-0.39, 0.29) is 18.2 Å². The predicted octanol–water partition coefficient (Wildman–Crippen LogP) is 4.69. The molecule has 1 fully saturated rings.